The molecule has 0 heterocycles. The molecule has 0 spiro atoms. The number of hydrogen-bond acceptors (Lipinski definition) is 2. The van der Waals surface area contributed by atoms with E-state index in [1.54, 1.807) is 0 Å². The van der Waals surface area contributed by atoms with Crippen LogP contribution in [-0.4, -0.2) is 20.7 Å². The molecule has 0 aliphatic rings. The highest BCUT2D eigenvalue weighted by Crippen LogP contribution is 2.14. The summed E-state index contributed by atoms with van der Waals surface area (Å²) >= 11 is 0. The zero-order valence-corrected chi connectivity index (χ0v) is 21.7. The van der Waals surface area contributed by atoms with Crippen LogP contribution in [0.3, 0.4) is 0 Å². The molecule has 0 N–H and O–H groups in total. The van der Waals surface area contributed by atoms with Crippen molar-refractivity contribution in [2.75, 3.05) is 6.61 Å². The molecule has 0 atom stereocenters. The zero-order chi connectivity index (χ0) is 21.6. The van der Waals surface area contributed by atoms with E-state index >= 15 is 0 Å². The van der Waals surface area contributed by atoms with Crippen LogP contribution in [0.2, 0.25) is 19.6 Å². The van der Waals surface area contributed by atoms with Crippen molar-refractivity contribution in [2.24, 2.45) is 0 Å². The van der Waals surface area contributed by atoms with Gasteiger partial charge in [-0.2, -0.15) is 0 Å². The zero-order valence-electron chi connectivity index (χ0n) is 20.7. The molecule has 29 heavy (non-hydrogen) atoms. The Balaban J connectivity index is 3.15. The minimum absolute atomic E-state index is 0.507. The summed E-state index contributed by atoms with van der Waals surface area (Å²) in [6.45, 7) is 10.0. The molecule has 0 aliphatic heterocycles. The Bertz CT molecular complexity index is 349. The van der Waals surface area contributed by atoms with E-state index in [-0.39, 0.29) is 0 Å². The normalized spacial score (nSPS) is 11.9. The van der Waals surface area contributed by atoms with Gasteiger partial charge in [-0.25, -0.2) is 0 Å². The summed E-state index contributed by atoms with van der Waals surface area (Å²) in [5.74, 6) is 0.507. The standard InChI is InChI=1S/C26H54O2Si/c1-5-6-7-8-17-20-23-26(27)24-21-18-15-13-11-9-10-12-14-16-19-22-25-28-29(2,3)4/h5-25H2,1-4H3. The van der Waals surface area contributed by atoms with Gasteiger partial charge in [0.1, 0.15) is 5.78 Å². The molecule has 3 heteroatoms. The third-order valence-electron chi connectivity index (χ3n) is 5.69. The van der Waals surface area contributed by atoms with Crippen molar-refractivity contribution >= 4 is 14.1 Å². The van der Waals surface area contributed by atoms with E-state index in [0.29, 0.717) is 5.78 Å². The number of hydrogen-bond donors (Lipinski definition) is 0. The molecule has 2 nitrogen and oxygen atoms in total. The molecule has 174 valence electrons. The van der Waals surface area contributed by atoms with Gasteiger partial charge in [-0.05, 0) is 38.9 Å². The largest absolute Gasteiger partial charge is 0.418 e. The Kier molecular flexibility index (Phi) is 21.0. The van der Waals surface area contributed by atoms with E-state index in [1.165, 1.54) is 103 Å². The summed E-state index contributed by atoms with van der Waals surface area (Å²) in [5, 5.41) is 0. The molecule has 0 saturated carbocycles. The lowest BCUT2D eigenvalue weighted by atomic mass is 10.0. The van der Waals surface area contributed by atoms with Crippen LogP contribution in [0.15, 0.2) is 0 Å². The van der Waals surface area contributed by atoms with Crippen molar-refractivity contribution in [3.05, 3.63) is 0 Å². The van der Waals surface area contributed by atoms with Gasteiger partial charge in [0.25, 0.3) is 0 Å². The minimum atomic E-state index is -1.29. The van der Waals surface area contributed by atoms with Gasteiger partial charge < -0.3 is 4.43 Å². The molecular weight excluding hydrogens is 372 g/mol. The smallest absolute Gasteiger partial charge is 0.183 e. The molecule has 0 bridgehead atoms. The van der Waals surface area contributed by atoms with E-state index in [2.05, 4.69) is 26.6 Å². The molecule has 0 unspecified atom stereocenters. The summed E-state index contributed by atoms with van der Waals surface area (Å²) in [4.78, 5) is 11.9. The fraction of sp³-hybridized carbons (Fsp3) is 0.962. The topological polar surface area (TPSA) is 26.3 Å². The predicted molar refractivity (Wildman–Crippen MR) is 132 cm³/mol. The van der Waals surface area contributed by atoms with Crippen LogP contribution in [0.5, 0.6) is 0 Å². The van der Waals surface area contributed by atoms with Crippen LogP contribution >= 0.6 is 0 Å². The van der Waals surface area contributed by atoms with Gasteiger partial charge in [0.05, 0.1) is 0 Å². The van der Waals surface area contributed by atoms with Crippen molar-refractivity contribution < 1.29 is 9.22 Å². The third-order valence-corrected chi connectivity index (χ3v) is 6.76. The fourth-order valence-corrected chi connectivity index (χ4v) is 4.55. The molecule has 0 aromatic heterocycles. The molecule has 0 aromatic rings. The van der Waals surface area contributed by atoms with Gasteiger partial charge in [-0.1, -0.05) is 103 Å². The average molecular weight is 427 g/mol. The van der Waals surface area contributed by atoms with E-state index in [0.717, 1.165) is 32.3 Å². The summed E-state index contributed by atoms with van der Waals surface area (Å²) in [7, 11) is -1.29. The van der Waals surface area contributed by atoms with Gasteiger partial charge >= 0.3 is 0 Å². The van der Waals surface area contributed by atoms with Crippen LogP contribution < -0.4 is 0 Å². The van der Waals surface area contributed by atoms with Crippen LogP contribution in [0.25, 0.3) is 0 Å². The SMILES string of the molecule is CCCCCCCCC(=O)CCCCCCCCCCCCCCO[Si](C)(C)C. The Morgan fingerprint density at radius 3 is 1.28 bits per heavy atom. The van der Waals surface area contributed by atoms with E-state index in [9.17, 15) is 4.79 Å². The summed E-state index contributed by atoms with van der Waals surface area (Å²) in [6, 6.07) is 0. The third kappa shape index (κ3) is 25.8. The molecular formula is C26H54O2Si. The first-order chi connectivity index (χ1) is 14.0. The van der Waals surface area contributed by atoms with E-state index < -0.39 is 8.32 Å². The van der Waals surface area contributed by atoms with Gasteiger partial charge in [-0.15, -0.1) is 0 Å². The van der Waals surface area contributed by atoms with Crippen molar-refractivity contribution in [1.29, 1.82) is 0 Å². The van der Waals surface area contributed by atoms with Crippen LogP contribution in [0, 0.1) is 0 Å². The van der Waals surface area contributed by atoms with Crippen LogP contribution in [-0.2, 0) is 9.22 Å². The van der Waals surface area contributed by atoms with Crippen molar-refractivity contribution in [3.63, 3.8) is 0 Å². The van der Waals surface area contributed by atoms with Gasteiger partial charge in [0.2, 0.25) is 0 Å². The van der Waals surface area contributed by atoms with Gasteiger partial charge in [0.15, 0.2) is 8.32 Å². The van der Waals surface area contributed by atoms with Crippen LogP contribution in [0.4, 0.5) is 0 Å². The van der Waals surface area contributed by atoms with E-state index in [4.69, 9.17) is 4.43 Å². The molecule has 0 saturated heterocycles. The number of rotatable bonds is 23. The monoisotopic (exact) mass is 426 g/mol. The highest BCUT2D eigenvalue weighted by molar-refractivity contribution is 6.69. The first-order valence-corrected chi connectivity index (χ1v) is 16.5. The number of Topliss-reactive ketones (excluding diaryl/α,β-unsaturated/α-hetero) is 1. The maximum atomic E-state index is 11.9. The maximum Gasteiger partial charge on any atom is 0.183 e. The number of unbranched alkanes of at least 4 members (excludes halogenated alkanes) is 16. The van der Waals surface area contributed by atoms with Crippen molar-refractivity contribution in [3.8, 4) is 0 Å². The lowest BCUT2D eigenvalue weighted by molar-refractivity contribution is -0.119. The summed E-state index contributed by atoms with van der Waals surface area (Å²) in [6.07, 6.45) is 25.3. The predicted octanol–water partition coefficient (Wildman–Crippen LogP) is 9.23. The van der Waals surface area contributed by atoms with Crippen molar-refractivity contribution in [1.82, 2.24) is 0 Å². The number of carbonyl (C=O) groups is 1. The summed E-state index contributed by atoms with van der Waals surface area (Å²) in [5.41, 5.74) is 0. The molecule has 0 aromatic carbocycles. The first kappa shape index (κ1) is 28.8. The molecule has 0 radical (unpaired) electrons. The first-order valence-electron chi connectivity index (χ1n) is 13.1. The molecule has 0 amide bonds. The quantitative estimate of drug-likeness (QED) is 0.120. The van der Waals surface area contributed by atoms with E-state index in [1.807, 2.05) is 0 Å². The van der Waals surface area contributed by atoms with Gasteiger partial charge in [0, 0.05) is 19.4 Å². The average Bonchev–Trinajstić information content (AvgIpc) is 2.66. The second kappa shape index (κ2) is 21.1. The number of ketones is 1. The lowest BCUT2D eigenvalue weighted by Crippen LogP contribution is -2.25. The Labute approximate surface area is 185 Å². The van der Waals surface area contributed by atoms with Crippen LogP contribution in [0.1, 0.15) is 135 Å². The Morgan fingerprint density at radius 1 is 0.552 bits per heavy atom. The molecule has 0 aliphatic carbocycles. The number of carbonyl (C=O) groups excluding carboxylic acids is 1. The summed E-state index contributed by atoms with van der Waals surface area (Å²) < 4.78 is 5.90. The minimum Gasteiger partial charge on any atom is -0.418 e. The van der Waals surface area contributed by atoms with Crippen molar-refractivity contribution in [2.45, 2.75) is 155 Å². The molecule has 0 rings (SSSR count). The second-order valence-electron chi connectivity index (χ2n) is 10.0. The highest BCUT2D eigenvalue weighted by atomic mass is 28.4. The highest BCUT2D eigenvalue weighted by Gasteiger charge is 2.12. The maximum absolute atomic E-state index is 11.9. The Hall–Kier alpha value is -0.153. The molecule has 0 fully saturated rings. The fourth-order valence-electron chi connectivity index (χ4n) is 3.80. The van der Waals surface area contributed by atoms with Gasteiger partial charge in [-0.3, -0.25) is 4.79 Å². The second-order valence-corrected chi connectivity index (χ2v) is 14.5. The Morgan fingerprint density at radius 2 is 0.897 bits per heavy atom. The lowest BCUT2D eigenvalue weighted by Gasteiger charge is -2.16.